The van der Waals surface area contributed by atoms with Gasteiger partial charge in [-0.05, 0) is 68.4 Å². The van der Waals surface area contributed by atoms with Crippen LogP contribution in [0.4, 0.5) is 10.5 Å². The van der Waals surface area contributed by atoms with Crippen LogP contribution in [0, 0.1) is 5.92 Å². The van der Waals surface area contributed by atoms with Crippen molar-refractivity contribution >= 4 is 29.9 Å². The van der Waals surface area contributed by atoms with E-state index in [1.165, 1.54) is 6.92 Å². The number of rotatable bonds is 10. The summed E-state index contributed by atoms with van der Waals surface area (Å²) in [6.45, 7) is 2.37. The Morgan fingerprint density at radius 1 is 1.10 bits per heavy atom. The molecule has 0 radical (unpaired) electrons. The lowest BCUT2D eigenvalue weighted by atomic mass is 9.84. The third kappa shape index (κ3) is 6.60. The van der Waals surface area contributed by atoms with Gasteiger partial charge in [-0.25, -0.2) is 4.79 Å². The van der Waals surface area contributed by atoms with Crippen molar-refractivity contribution in [3.63, 3.8) is 0 Å². The van der Waals surface area contributed by atoms with Crippen LogP contribution in [-0.4, -0.2) is 63.1 Å². The number of carbonyl (C=O) groups is 4. The third-order valence-corrected chi connectivity index (χ3v) is 7.71. The smallest absolute Gasteiger partial charge is 0.406 e. The van der Waals surface area contributed by atoms with Crippen molar-refractivity contribution in [1.82, 2.24) is 25.7 Å². The molecule has 1 unspecified atom stereocenters. The van der Waals surface area contributed by atoms with Crippen LogP contribution in [0.3, 0.4) is 0 Å². The Labute approximate surface area is 236 Å². The number of nitrogens with zero attached hydrogens (tertiary/aromatic N) is 3. The van der Waals surface area contributed by atoms with Crippen LogP contribution in [0.25, 0.3) is 0 Å². The highest BCUT2D eigenvalue weighted by molar-refractivity contribution is 6.04. The number of likely N-dealkylation sites (tertiary alicyclic amines) is 1. The Morgan fingerprint density at radius 3 is 2.54 bits per heavy atom. The molecule has 3 amide bonds. The molecule has 5 rings (SSSR count). The molecule has 1 saturated carbocycles. The van der Waals surface area contributed by atoms with Crippen molar-refractivity contribution in [1.29, 1.82) is 0 Å². The van der Waals surface area contributed by atoms with E-state index in [-0.39, 0.29) is 23.4 Å². The number of benzene rings is 1. The SMILES string of the molecule is C[C@](C=O)(NC(=O)O)N1CCC(C(NC(=O)c2cc(C3CC3)on2)c2cccc(C(=O)Nc3cccnc3)c2)CC1. The number of piperidine rings is 1. The highest BCUT2D eigenvalue weighted by Gasteiger charge is 2.38. The molecule has 12 nitrogen and oxygen atoms in total. The van der Waals surface area contributed by atoms with Crippen LogP contribution in [-0.2, 0) is 4.79 Å². The van der Waals surface area contributed by atoms with Crippen LogP contribution in [0.5, 0.6) is 0 Å². The molecule has 0 bridgehead atoms. The normalized spacial score (nSPS) is 18.1. The molecule has 2 fully saturated rings. The summed E-state index contributed by atoms with van der Waals surface area (Å²) in [4.78, 5) is 55.2. The molecule has 1 aliphatic heterocycles. The number of aromatic nitrogens is 2. The van der Waals surface area contributed by atoms with E-state index in [9.17, 15) is 24.3 Å². The minimum Gasteiger partial charge on any atom is -0.465 e. The Morgan fingerprint density at radius 2 is 1.88 bits per heavy atom. The van der Waals surface area contributed by atoms with Gasteiger partial charge < -0.3 is 20.3 Å². The highest BCUT2D eigenvalue weighted by Crippen LogP contribution is 2.40. The first-order chi connectivity index (χ1) is 19.8. The quantitative estimate of drug-likeness (QED) is 0.271. The minimum atomic E-state index is -1.36. The molecular weight excluding hydrogens is 528 g/mol. The number of amides is 3. The summed E-state index contributed by atoms with van der Waals surface area (Å²) in [7, 11) is 0. The molecule has 214 valence electrons. The van der Waals surface area contributed by atoms with Gasteiger partial charge in [0.2, 0.25) is 0 Å². The second-order valence-electron chi connectivity index (χ2n) is 10.7. The van der Waals surface area contributed by atoms with E-state index >= 15 is 0 Å². The number of hydrogen-bond acceptors (Lipinski definition) is 8. The van der Waals surface area contributed by atoms with Gasteiger partial charge in [-0.3, -0.25) is 29.6 Å². The molecule has 41 heavy (non-hydrogen) atoms. The first-order valence-corrected chi connectivity index (χ1v) is 13.6. The summed E-state index contributed by atoms with van der Waals surface area (Å²) >= 11 is 0. The number of nitrogens with one attached hydrogen (secondary N) is 3. The number of pyridine rings is 1. The number of anilines is 1. The molecule has 1 aromatic carbocycles. The van der Waals surface area contributed by atoms with E-state index in [0.29, 0.717) is 55.1 Å². The summed E-state index contributed by atoms with van der Waals surface area (Å²) in [6.07, 6.45) is 5.63. The van der Waals surface area contributed by atoms with Gasteiger partial charge in [0.15, 0.2) is 12.0 Å². The van der Waals surface area contributed by atoms with Crippen molar-refractivity contribution in [3.8, 4) is 0 Å². The van der Waals surface area contributed by atoms with E-state index < -0.39 is 17.8 Å². The maximum Gasteiger partial charge on any atom is 0.406 e. The molecule has 3 aromatic rings. The van der Waals surface area contributed by atoms with Crippen molar-refractivity contribution in [2.75, 3.05) is 18.4 Å². The van der Waals surface area contributed by atoms with Crippen molar-refractivity contribution in [2.45, 2.75) is 50.2 Å². The van der Waals surface area contributed by atoms with E-state index in [4.69, 9.17) is 4.52 Å². The molecule has 1 saturated heterocycles. The summed E-state index contributed by atoms with van der Waals surface area (Å²) in [6, 6.07) is 11.7. The molecule has 4 N–H and O–H groups in total. The standard InChI is InChI=1S/C29H32N6O6/c1-29(17-36,33-28(39)40)35-12-9-19(10-13-35)25(32-27(38)23-15-24(41-34-23)18-7-8-18)20-4-2-5-21(14-20)26(37)31-22-6-3-11-30-16-22/h2-6,11,14-19,25,33H,7-10,12-13H2,1H3,(H,31,37)(H,32,38)(H,39,40)/t25?,29-/m0/s1. The number of carboxylic acid groups (broad SMARTS) is 1. The van der Waals surface area contributed by atoms with Crippen LogP contribution >= 0.6 is 0 Å². The van der Waals surface area contributed by atoms with Gasteiger partial charge in [0.1, 0.15) is 11.4 Å². The van der Waals surface area contributed by atoms with Crippen LogP contribution in [0.1, 0.15) is 76.7 Å². The average Bonchev–Trinajstić information content (AvgIpc) is 3.72. The molecule has 1 aliphatic carbocycles. The Bertz CT molecular complexity index is 1420. The first-order valence-electron chi connectivity index (χ1n) is 13.6. The van der Waals surface area contributed by atoms with Gasteiger partial charge in [0.05, 0.1) is 17.9 Å². The molecular formula is C29H32N6O6. The lowest BCUT2D eigenvalue weighted by Gasteiger charge is -2.43. The van der Waals surface area contributed by atoms with Crippen LogP contribution in [0.2, 0.25) is 0 Å². The predicted molar refractivity (Wildman–Crippen MR) is 147 cm³/mol. The molecule has 0 spiro atoms. The van der Waals surface area contributed by atoms with E-state index in [2.05, 4.69) is 26.1 Å². The number of carbonyl (C=O) groups excluding carboxylic acids is 3. The summed E-state index contributed by atoms with van der Waals surface area (Å²) in [5.74, 6) is 0.247. The van der Waals surface area contributed by atoms with Gasteiger partial charge in [0, 0.05) is 36.8 Å². The van der Waals surface area contributed by atoms with Gasteiger partial charge in [-0.15, -0.1) is 0 Å². The molecule has 2 atom stereocenters. The Balaban J connectivity index is 1.37. The van der Waals surface area contributed by atoms with Crippen LogP contribution in [0.15, 0.2) is 59.4 Å². The van der Waals surface area contributed by atoms with Crippen molar-refractivity contribution < 1.29 is 28.8 Å². The second-order valence-corrected chi connectivity index (χ2v) is 10.7. The zero-order valence-corrected chi connectivity index (χ0v) is 22.6. The number of aldehydes is 1. The second kappa shape index (κ2) is 11.9. The van der Waals surface area contributed by atoms with Gasteiger partial charge in [0.25, 0.3) is 11.8 Å². The lowest BCUT2D eigenvalue weighted by molar-refractivity contribution is -0.120. The third-order valence-electron chi connectivity index (χ3n) is 7.71. The van der Waals surface area contributed by atoms with E-state index in [0.717, 1.165) is 18.4 Å². The summed E-state index contributed by atoms with van der Waals surface area (Å²) in [5.41, 5.74) is 0.549. The fourth-order valence-corrected chi connectivity index (χ4v) is 5.26. The highest BCUT2D eigenvalue weighted by atomic mass is 16.5. The van der Waals surface area contributed by atoms with Crippen molar-refractivity contribution in [2.24, 2.45) is 5.92 Å². The molecule has 2 aromatic heterocycles. The maximum atomic E-state index is 13.3. The monoisotopic (exact) mass is 560 g/mol. The van der Waals surface area contributed by atoms with Gasteiger partial charge in [-0.2, -0.15) is 0 Å². The van der Waals surface area contributed by atoms with Crippen molar-refractivity contribution in [3.05, 3.63) is 77.4 Å². The zero-order valence-electron chi connectivity index (χ0n) is 22.6. The summed E-state index contributed by atoms with van der Waals surface area (Å²) < 4.78 is 5.38. The molecule has 2 aliphatic rings. The molecule has 3 heterocycles. The van der Waals surface area contributed by atoms with E-state index in [1.807, 2.05) is 6.07 Å². The van der Waals surface area contributed by atoms with E-state index in [1.54, 1.807) is 53.7 Å². The Kier molecular flexibility index (Phi) is 8.11. The fraction of sp³-hybridized carbons (Fsp3) is 0.379. The first kappa shape index (κ1) is 28.0. The zero-order chi connectivity index (χ0) is 29.0. The lowest BCUT2D eigenvalue weighted by Crippen LogP contribution is -2.61. The van der Waals surface area contributed by atoms with Gasteiger partial charge >= 0.3 is 6.09 Å². The topological polar surface area (TPSA) is 167 Å². The van der Waals surface area contributed by atoms with Gasteiger partial charge in [-0.1, -0.05) is 17.3 Å². The average molecular weight is 561 g/mol. The summed E-state index contributed by atoms with van der Waals surface area (Å²) in [5, 5.41) is 21.4. The largest absolute Gasteiger partial charge is 0.465 e. The fourth-order valence-electron chi connectivity index (χ4n) is 5.26. The predicted octanol–water partition coefficient (Wildman–Crippen LogP) is 3.57. The Hall–Kier alpha value is -4.58. The minimum absolute atomic E-state index is 0.0673. The molecule has 12 heteroatoms. The maximum absolute atomic E-state index is 13.3. The number of hydrogen-bond donors (Lipinski definition) is 4. The van der Waals surface area contributed by atoms with Crippen LogP contribution < -0.4 is 16.0 Å².